The molecular formula is C21H30O6. The Morgan fingerprint density at radius 2 is 1.67 bits per heavy atom. The summed E-state index contributed by atoms with van der Waals surface area (Å²) in [6, 6.07) is 3.09. The lowest BCUT2D eigenvalue weighted by Gasteiger charge is -2.20. The number of unbranched alkanes of at least 4 members (excludes halogenated alkanes) is 1. The van der Waals surface area contributed by atoms with Crippen LogP contribution in [-0.2, 0) is 9.59 Å². The van der Waals surface area contributed by atoms with Gasteiger partial charge in [-0.05, 0) is 42.5 Å². The predicted molar refractivity (Wildman–Crippen MR) is 104 cm³/mol. The third-order valence-electron chi connectivity index (χ3n) is 4.73. The molecule has 150 valence electrons. The molecule has 0 bridgehead atoms. The molecule has 0 aliphatic heterocycles. The van der Waals surface area contributed by atoms with Crippen LogP contribution in [0.15, 0.2) is 17.7 Å². The van der Waals surface area contributed by atoms with E-state index >= 15 is 0 Å². The molecule has 0 aliphatic carbocycles. The highest BCUT2D eigenvalue weighted by Crippen LogP contribution is 2.41. The van der Waals surface area contributed by atoms with Crippen molar-refractivity contribution in [3.63, 3.8) is 0 Å². The van der Waals surface area contributed by atoms with E-state index in [0.717, 1.165) is 25.7 Å². The van der Waals surface area contributed by atoms with Gasteiger partial charge in [0.2, 0.25) is 5.75 Å². The van der Waals surface area contributed by atoms with Crippen molar-refractivity contribution in [1.29, 1.82) is 0 Å². The fraction of sp³-hybridized carbons (Fsp3) is 0.524. The lowest BCUT2D eigenvalue weighted by atomic mass is 9.85. The predicted octanol–water partition coefficient (Wildman–Crippen LogP) is 4.44. The molecule has 0 amide bonds. The molecule has 27 heavy (non-hydrogen) atoms. The summed E-state index contributed by atoms with van der Waals surface area (Å²) in [5.74, 6) is -1.35. The van der Waals surface area contributed by atoms with Crippen LogP contribution in [0.2, 0.25) is 0 Å². The highest BCUT2D eigenvalue weighted by molar-refractivity contribution is 6.21. The maximum absolute atomic E-state index is 12.1. The number of phenolic OH excluding ortho intramolecular Hbond substituents is 1. The second-order valence-corrected chi connectivity index (χ2v) is 6.56. The van der Waals surface area contributed by atoms with Crippen LogP contribution in [-0.4, -0.2) is 36.2 Å². The maximum atomic E-state index is 12.1. The number of allylic oxidation sites excluding steroid dienone is 1. The molecule has 6 nitrogen and oxygen atoms in total. The zero-order valence-electron chi connectivity index (χ0n) is 16.8. The van der Waals surface area contributed by atoms with E-state index in [1.54, 1.807) is 12.1 Å². The van der Waals surface area contributed by atoms with Gasteiger partial charge in [-0.3, -0.25) is 4.79 Å². The Kier molecular flexibility index (Phi) is 8.85. The standard InChI is InChI=1S/C21H30O6/c1-6-8-9-14(7-2)10-16(19(13(3)22)21(24)25)15-11-17(26-4)20(23)18(12-15)27-5/h11-12,14,23H,6-10H2,1-5H3,(H,24,25). The first-order valence-electron chi connectivity index (χ1n) is 9.23. The zero-order chi connectivity index (χ0) is 20.6. The maximum Gasteiger partial charge on any atom is 0.339 e. The molecule has 0 saturated carbocycles. The van der Waals surface area contributed by atoms with Gasteiger partial charge < -0.3 is 19.7 Å². The Balaban J connectivity index is 3.62. The second kappa shape index (κ2) is 10.6. The summed E-state index contributed by atoms with van der Waals surface area (Å²) in [7, 11) is 2.81. The lowest BCUT2D eigenvalue weighted by Crippen LogP contribution is -2.14. The Morgan fingerprint density at radius 1 is 1.11 bits per heavy atom. The normalized spacial score (nSPS) is 12.9. The molecule has 0 fully saturated rings. The molecule has 1 aromatic rings. The largest absolute Gasteiger partial charge is 0.502 e. The van der Waals surface area contributed by atoms with Gasteiger partial charge in [-0.1, -0.05) is 39.5 Å². The first kappa shape index (κ1) is 22.5. The monoisotopic (exact) mass is 378 g/mol. The van der Waals surface area contributed by atoms with Crippen molar-refractivity contribution in [2.45, 2.75) is 52.9 Å². The molecule has 2 N–H and O–H groups in total. The number of hydrogen-bond donors (Lipinski definition) is 2. The highest BCUT2D eigenvalue weighted by atomic mass is 16.5. The van der Waals surface area contributed by atoms with Crippen LogP contribution in [0.4, 0.5) is 0 Å². The number of ketones is 1. The van der Waals surface area contributed by atoms with Crippen molar-refractivity contribution < 1.29 is 29.3 Å². The SMILES string of the molecule is CCCCC(CC)CC(=C(C(C)=O)C(=O)O)c1cc(OC)c(O)c(OC)c1. The number of hydrogen-bond acceptors (Lipinski definition) is 5. The molecular weight excluding hydrogens is 348 g/mol. The number of carboxylic acid groups (broad SMARTS) is 1. The molecule has 1 aromatic carbocycles. The van der Waals surface area contributed by atoms with Crippen LogP contribution in [0, 0.1) is 5.92 Å². The first-order valence-corrected chi connectivity index (χ1v) is 9.23. The average Bonchev–Trinajstić information content (AvgIpc) is 2.63. The molecule has 6 heteroatoms. The van der Waals surface area contributed by atoms with E-state index < -0.39 is 11.8 Å². The van der Waals surface area contributed by atoms with E-state index in [-0.39, 0.29) is 28.7 Å². The molecule has 0 saturated heterocycles. The van der Waals surface area contributed by atoms with Gasteiger partial charge >= 0.3 is 5.97 Å². The summed E-state index contributed by atoms with van der Waals surface area (Å²) in [5, 5.41) is 19.8. The number of aliphatic carboxylic acids is 1. The summed E-state index contributed by atoms with van der Waals surface area (Å²) in [6.07, 6.45) is 4.37. The molecule has 1 atom stereocenters. The number of rotatable bonds is 11. The number of benzene rings is 1. The van der Waals surface area contributed by atoms with E-state index in [4.69, 9.17) is 9.47 Å². The summed E-state index contributed by atoms with van der Waals surface area (Å²) < 4.78 is 10.4. The number of carboxylic acids is 1. The number of ether oxygens (including phenoxy) is 2. The van der Waals surface area contributed by atoms with Crippen molar-refractivity contribution in [3.8, 4) is 17.2 Å². The van der Waals surface area contributed by atoms with Crippen molar-refractivity contribution >= 4 is 17.3 Å². The van der Waals surface area contributed by atoms with Crippen LogP contribution < -0.4 is 9.47 Å². The highest BCUT2D eigenvalue weighted by Gasteiger charge is 2.24. The third-order valence-corrected chi connectivity index (χ3v) is 4.73. The van der Waals surface area contributed by atoms with Gasteiger partial charge in [0.25, 0.3) is 0 Å². The Bertz CT molecular complexity index is 664. The molecule has 0 heterocycles. The molecule has 1 unspecified atom stereocenters. The summed E-state index contributed by atoms with van der Waals surface area (Å²) in [4.78, 5) is 23.9. The van der Waals surface area contributed by atoms with Gasteiger partial charge in [-0.15, -0.1) is 0 Å². The van der Waals surface area contributed by atoms with E-state index in [1.165, 1.54) is 21.1 Å². The number of Topliss-reactive ketones (excluding diaryl/α,β-unsaturated/α-hetero) is 1. The Morgan fingerprint density at radius 3 is 2.04 bits per heavy atom. The Labute approximate surface area is 160 Å². The Hall–Kier alpha value is -2.50. The van der Waals surface area contributed by atoms with Crippen LogP contribution in [0.25, 0.3) is 5.57 Å². The zero-order valence-corrected chi connectivity index (χ0v) is 16.8. The van der Waals surface area contributed by atoms with Crippen LogP contribution in [0.3, 0.4) is 0 Å². The van der Waals surface area contributed by atoms with Crippen molar-refractivity contribution in [1.82, 2.24) is 0 Å². The van der Waals surface area contributed by atoms with Gasteiger partial charge in [0.15, 0.2) is 17.3 Å². The number of carbonyl (C=O) groups is 2. The summed E-state index contributed by atoms with van der Waals surface area (Å²) >= 11 is 0. The van der Waals surface area contributed by atoms with Crippen molar-refractivity contribution in [2.24, 2.45) is 5.92 Å². The fourth-order valence-electron chi connectivity index (χ4n) is 3.16. The van der Waals surface area contributed by atoms with Crippen molar-refractivity contribution in [2.75, 3.05) is 14.2 Å². The lowest BCUT2D eigenvalue weighted by molar-refractivity contribution is -0.134. The van der Waals surface area contributed by atoms with Gasteiger partial charge in [-0.2, -0.15) is 0 Å². The van der Waals surface area contributed by atoms with Gasteiger partial charge in [0.05, 0.1) is 14.2 Å². The smallest absolute Gasteiger partial charge is 0.339 e. The molecule has 0 aromatic heterocycles. The van der Waals surface area contributed by atoms with Gasteiger partial charge in [-0.25, -0.2) is 4.79 Å². The summed E-state index contributed by atoms with van der Waals surface area (Å²) in [6.45, 7) is 5.42. The van der Waals surface area contributed by atoms with Crippen LogP contribution >= 0.6 is 0 Å². The van der Waals surface area contributed by atoms with E-state index in [9.17, 15) is 19.8 Å². The molecule has 1 rings (SSSR count). The second-order valence-electron chi connectivity index (χ2n) is 6.56. The number of aromatic hydroxyl groups is 1. The molecule has 0 spiro atoms. The van der Waals surface area contributed by atoms with E-state index in [1.807, 2.05) is 0 Å². The van der Waals surface area contributed by atoms with Crippen LogP contribution in [0.1, 0.15) is 58.4 Å². The quantitative estimate of drug-likeness (QED) is 0.336. The molecule has 0 radical (unpaired) electrons. The fourth-order valence-corrected chi connectivity index (χ4v) is 3.16. The van der Waals surface area contributed by atoms with E-state index in [0.29, 0.717) is 17.6 Å². The number of methoxy groups -OCH3 is 2. The third kappa shape index (κ3) is 5.74. The van der Waals surface area contributed by atoms with Crippen molar-refractivity contribution in [3.05, 3.63) is 23.3 Å². The number of phenols is 1. The van der Waals surface area contributed by atoms with E-state index in [2.05, 4.69) is 13.8 Å². The number of carbonyl (C=O) groups excluding carboxylic acids is 1. The minimum atomic E-state index is -1.26. The van der Waals surface area contributed by atoms with Crippen LogP contribution in [0.5, 0.6) is 17.2 Å². The van der Waals surface area contributed by atoms with Gasteiger partial charge in [0, 0.05) is 0 Å². The average molecular weight is 378 g/mol. The molecule has 0 aliphatic rings. The minimum Gasteiger partial charge on any atom is -0.502 e. The topological polar surface area (TPSA) is 93.1 Å². The summed E-state index contributed by atoms with van der Waals surface area (Å²) in [5.41, 5.74) is 0.707. The first-order chi connectivity index (χ1) is 12.8. The van der Waals surface area contributed by atoms with Gasteiger partial charge in [0.1, 0.15) is 5.57 Å². The minimum absolute atomic E-state index is 0.164.